The molecule has 1 amide bonds. The summed E-state index contributed by atoms with van der Waals surface area (Å²) in [4.78, 5) is 24.0. The molecule has 3 aromatic rings. The number of anilines is 1. The molecule has 2 aliphatic rings. The van der Waals surface area contributed by atoms with Crippen LogP contribution in [0.2, 0.25) is 0 Å². The van der Waals surface area contributed by atoms with Crippen LogP contribution in [0.4, 0.5) is 10.3 Å². The summed E-state index contributed by atoms with van der Waals surface area (Å²) in [6.07, 6.45) is 5.69. The molecule has 3 heterocycles. The topological polar surface area (TPSA) is 91.9 Å². The molecule has 0 atom stereocenters. The van der Waals surface area contributed by atoms with Crippen molar-refractivity contribution < 1.29 is 13.9 Å². The molecule has 2 aromatic heterocycles. The van der Waals surface area contributed by atoms with Crippen molar-refractivity contribution in [1.82, 2.24) is 20.3 Å². The van der Waals surface area contributed by atoms with Crippen LogP contribution in [-0.2, 0) is 0 Å². The Hall–Kier alpha value is -3.16. The fraction of sp³-hybridized carbons (Fsp3) is 0.350. The first-order chi connectivity index (χ1) is 13.6. The summed E-state index contributed by atoms with van der Waals surface area (Å²) < 4.78 is 19.9. The van der Waals surface area contributed by atoms with Gasteiger partial charge in [-0.2, -0.15) is 4.98 Å². The standard InChI is InChI=1S/C20H20FN5O2/c21-20(4-1-5-20)11-25-19-24-10-15-14(9-23-17(15)26-19)12-2-3-13-16(8-12)28-7-6-22-18(13)27/h2-3,8-10H,1,4-7,11H2,(H,22,27)(H2,23,24,25,26). The SMILES string of the molecule is O=C1NCCOc2cc(-c3c[nH]c4nc(NCC5(F)CCC5)ncc34)ccc21. The van der Waals surface area contributed by atoms with E-state index in [1.807, 2.05) is 18.3 Å². The zero-order valence-electron chi connectivity index (χ0n) is 15.2. The van der Waals surface area contributed by atoms with Crippen LogP contribution in [0.1, 0.15) is 29.6 Å². The van der Waals surface area contributed by atoms with Gasteiger partial charge in [0, 0.05) is 23.3 Å². The highest BCUT2D eigenvalue weighted by molar-refractivity contribution is 5.99. The third-order valence-electron chi connectivity index (χ3n) is 5.43. The first-order valence-corrected chi connectivity index (χ1v) is 9.44. The van der Waals surface area contributed by atoms with E-state index in [1.54, 1.807) is 12.3 Å². The second-order valence-corrected chi connectivity index (χ2v) is 7.33. The molecule has 3 N–H and O–H groups in total. The van der Waals surface area contributed by atoms with E-state index in [9.17, 15) is 9.18 Å². The molecule has 28 heavy (non-hydrogen) atoms. The summed E-state index contributed by atoms with van der Waals surface area (Å²) in [5, 5.41) is 6.65. The number of carbonyl (C=O) groups is 1. The quantitative estimate of drug-likeness (QED) is 0.646. The van der Waals surface area contributed by atoms with Crippen molar-refractivity contribution >= 4 is 22.9 Å². The lowest BCUT2D eigenvalue weighted by Gasteiger charge is -2.33. The van der Waals surface area contributed by atoms with Crippen LogP contribution in [0.15, 0.2) is 30.6 Å². The summed E-state index contributed by atoms with van der Waals surface area (Å²) in [5.74, 6) is 0.843. The van der Waals surface area contributed by atoms with Gasteiger partial charge in [0.15, 0.2) is 0 Å². The third kappa shape index (κ3) is 2.94. The Balaban J connectivity index is 1.43. The van der Waals surface area contributed by atoms with Gasteiger partial charge in [-0.3, -0.25) is 4.79 Å². The summed E-state index contributed by atoms with van der Waals surface area (Å²) in [6.45, 7) is 1.15. The summed E-state index contributed by atoms with van der Waals surface area (Å²) in [7, 11) is 0. The van der Waals surface area contributed by atoms with Gasteiger partial charge in [0.1, 0.15) is 23.7 Å². The average molecular weight is 381 g/mol. The minimum absolute atomic E-state index is 0.130. The van der Waals surface area contributed by atoms with Gasteiger partial charge in [-0.15, -0.1) is 0 Å². The molecule has 8 heteroatoms. The van der Waals surface area contributed by atoms with E-state index in [-0.39, 0.29) is 12.5 Å². The maximum atomic E-state index is 14.2. The third-order valence-corrected chi connectivity index (χ3v) is 5.43. The van der Waals surface area contributed by atoms with Gasteiger partial charge in [-0.05, 0) is 37.0 Å². The van der Waals surface area contributed by atoms with Gasteiger partial charge in [0.25, 0.3) is 5.91 Å². The number of hydrogen-bond acceptors (Lipinski definition) is 5. The van der Waals surface area contributed by atoms with E-state index in [0.29, 0.717) is 48.9 Å². The minimum Gasteiger partial charge on any atom is -0.491 e. The molecule has 0 bridgehead atoms. The second kappa shape index (κ2) is 6.47. The van der Waals surface area contributed by atoms with E-state index in [1.165, 1.54) is 0 Å². The van der Waals surface area contributed by atoms with E-state index >= 15 is 0 Å². The van der Waals surface area contributed by atoms with Gasteiger partial charge in [0.2, 0.25) is 5.95 Å². The Kier molecular flexibility index (Phi) is 3.92. The number of nitrogens with zero attached hydrogens (tertiary/aromatic N) is 2. The lowest BCUT2D eigenvalue weighted by atomic mass is 9.82. The van der Waals surface area contributed by atoms with E-state index in [4.69, 9.17) is 4.74 Å². The Labute approximate surface area is 160 Å². The van der Waals surface area contributed by atoms with Crippen LogP contribution in [0.25, 0.3) is 22.2 Å². The zero-order chi connectivity index (χ0) is 19.1. The minimum atomic E-state index is -1.13. The highest BCUT2D eigenvalue weighted by atomic mass is 19.1. The molecular weight excluding hydrogens is 361 g/mol. The number of halogens is 1. The van der Waals surface area contributed by atoms with Crippen molar-refractivity contribution in [3.05, 3.63) is 36.2 Å². The number of alkyl halides is 1. The number of amides is 1. The summed E-state index contributed by atoms with van der Waals surface area (Å²) in [6, 6.07) is 5.50. The molecule has 7 nitrogen and oxygen atoms in total. The Morgan fingerprint density at radius 3 is 3.00 bits per heavy atom. The maximum absolute atomic E-state index is 14.2. The van der Waals surface area contributed by atoms with Gasteiger partial charge in [-0.25, -0.2) is 9.37 Å². The predicted molar refractivity (Wildman–Crippen MR) is 103 cm³/mol. The number of rotatable bonds is 4. The number of H-pyrrole nitrogens is 1. The van der Waals surface area contributed by atoms with E-state index in [0.717, 1.165) is 22.9 Å². The fourth-order valence-corrected chi connectivity index (χ4v) is 3.62. The molecule has 1 aliphatic heterocycles. The van der Waals surface area contributed by atoms with E-state index < -0.39 is 5.67 Å². The fourth-order valence-electron chi connectivity index (χ4n) is 3.62. The van der Waals surface area contributed by atoms with Crippen molar-refractivity contribution in [2.75, 3.05) is 25.0 Å². The number of nitrogens with one attached hydrogen (secondary N) is 3. The number of hydrogen-bond donors (Lipinski definition) is 3. The highest BCUT2D eigenvalue weighted by Gasteiger charge is 2.36. The largest absolute Gasteiger partial charge is 0.491 e. The molecule has 1 aliphatic carbocycles. The smallest absolute Gasteiger partial charge is 0.255 e. The maximum Gasteiger partial charge on any atom is 0.255 e. The lowest BCUT2D eigenvalue weighted by Crippen LogP contribution is -2.39. The van der Waals surface area contributed by atoms with Crippen LogP contribution in [0, 0.1) is 0 Å². The van der Waals surface area contributed by atoms with E-state index in [2.05, 4.69) is 25.6 Å². The number of fused-ring (bicyclic) bond motifs is 2. The Bertz CT molecular complexity index is 1060. The average Bonchev–Trinajstić information content (AvgIpc) is 3.02. The molecule has 5 rings (SSSR count). The molecule has 1 fully saturated rings. The van der Waals surface area contributed by atoms with Crippen LogP contribution in [0.5, 0.6) is 5.75 Å². The zero-order valence-corrected chi connectivity index (χ0v) is 15.2. The van der Waals surface area contributed by atoms with Gasteiger partial charge >= 0.3 is 0 Å². The van der Waals surface area contributed by atoms with Gasteiger partial charge in [0.05, 0.1) is 18.7 Å². The molecule has 144 valence electrons. The second-order valence-electron chi connectivity index (χ2n) is 7.33. The van der Waals surface area contributed by atoms with Crippen LogP contribution in [0.3, 0.4) is 0 Å². The molecular formula is C20H20FN5O2. The lowest BCUT2D eigenvalue weighted by molar-refractivity contribution is 0.0782. The Morgan fingerprint density at radius 1 is 1.29 bits per heavy atom. The number of aromatic nitrogens is 3. The van der Waals surface area contributed by atoms with Gasteiger partial charge in [-0.1, -0.05) is 6.07 Å². The molecule has 0 radical (unpaired) electrons. The first kappa shape index (κ1) is 17.0. The van der Waals surface area contributed by atoms with Crippen molar-refractivity contribution in [2.24, 2.45) is 0 Å². The number of carbonyl (C=O) groups excluding carboxylic acids is 1. The normalized spacial score (nSPS) is 17.8. The van der Waals surface area contributed by atoms with Crippen LogP contribution >= 0.6 is 0 Å². The molecule has 0 unspecified atom stereocenters. The number of benzene rings is 1. The predicted octanol–water partition coefficient (Wildman–Crippen LogP) is 3.05. The molecule has 1 aromatic carbocycles. The van der Waals surface area contributed by atoms with Crippen molar-refractivity contribution in [3.63, 3.8) is 0 Å². The molecule has 0 spiro atoms. The molecule has 1 saturated carbocycles. The molecule has 0 saturated heterocycles. The number of aromatic amines is 1. The van der Waals surface area contributed by atoms with Crippen LogP contribution < -0.4 is 15.4 Å². The summed E-state index contributed by atoms with van der Waals surface area (Å²) in [5.41, 5.74) is 1.88. The van der Waals surface area contributed by atoms with Crippen molar-refractivity contribution in [3.8, 4) is 16.9 Å². The van der Waals surface area contributed by atoms with Crippen LogP contribution in [-0.4, -0.2) is 46.2 Å². The monoisotopic (exact) mass is 381 g/mol. The Morgan fingerprint density at radius 2 is 2.18 bits per heavy atom. The van der Waals surface area contributed by atoms with Crippen molar-refractivity contribution in [1.29, 1.82) is 0 Å². The van der Waals surface area contributed by atoms with Crippen molar-refractivity contribution in [2.45, 2.75) is 24.9 Å². The van der Waals surface area contributed by atoms with Gasteiger partial charge < -0.3 is 20.4 Å². The highest BCUT2D eigenvalue weighted by Crippen LogP contribution is 2.36. The number of ether oxygens (including phenoxy) is 1. The summed E-state index contributed by atoms with van der Waals surface area (Å²) >= 11 is 0. The first-order valence-electron chi connectivity index (χ1n) is 9.44.